The minimum Gasteiger partial charge on any atom is -0.338 e. The topological polar surface area (TPSA) is 73.9 Å². The Morgan fingerprint density at radius 1 is 1.16 bits per heavy atom. The first kappa shape index (κ1) is 25.5. The molecule has 4 aliphatic rings. The molecule has 0 radical (unpaired) electrons. The highest BCUT2D eigenvalue weighted by Gasteiger charge is 2.43. The average molecular weight is 455 g/mol. The van der Waals surface area contributed by atoms with Crippen LogP contribution in [0.4, 0.5) is 4.39 Å². The Morgan fingerprint density at radius 2 is 1.94 bits per heavy atom. The van der Waals surface area contributed by atoms with Gasteiger partial charge in [0.05, 0.1) is 12.1 Å². The van der Waals surface area contributed by atoms with Crippen LogP contribution >= 0.6 is 0 Å². The second kappa shape index (κ2) is 11.9. The molecule has 0 spiro atoms. The van der Waals surface area contributed by atoms with Gasteiger partial charge in [-0.05, 0) is 58.4 Å². The number of hydrogen-bond donors (Lipinski definition) is 2. The number of halogens is 1. The molecule has 2 saturated carbocycles. The average Bonchev–Trinajstić information content (AvgIpc) is 2.81. The molecule has 4 rings (SSSR count). The molecule has 0 aromatic rings. The van der Waals surface area contributed by atoms with Crippen molar-refractivity contribution in [3.05, 3.63) is 0 Å². The van der Waals surface area contributed by atoms with Crippen molar-refractivity contribution in [3.8, 4) is 0 Å². The van der Waals surface area contributed by atoms with Crippen molar-refractivity contribution in [2.45, 2.75) is 102 Å². The van der Waals surface area contributed by atoms with Gasteiger partial charge in [-0.2, -0.15) is 5.48 Å². The van der Waals surface area contributed by atoms with Gasteiger partial charge in [0.2, 0.25) is 5.91 Å². The van der Waals surface area contributed by atoms with Crippen LogP contribution in [-0.4, -0.2) is 85.1 Å². The van der Waals surface area contributed by atoms with Crippen LogP contribution in [-0.2, 0) is 14.4 Å². The Balaban J connectivity index is 0.000000186. The van der Waals surface area contributed by atoms with E-state index in [2.05, 4.69) is 36.6 Å². The molecule has 8 heteroatoms. The normalized spacial score (nSPS) is 40.6. The fraction of sp³-hybridized carbons (Fsp3) is 0.917. The highest BCUT2D eigenvalue weighted by molar-refractivity contribution is 5.73. The Morgan fingerprint density at radius 3 is 2.59 bits per heavy atom. The van der Waals surface area contributed by atoms with E-state index in [4.69, 9.17) is 4.84 Å². The number of hydrogen-bond acceptors (Lipinski definition) is 6. The van der Waals surface area contributed by atoms with Crippen LogP contribution in [0.25, 0.3) is 0 Å². The number of aldehydes is 1. The van der Waals surface area contributed by atoms with Gasteiger partial charge in [0.15, 0.2) is 0 Å². The summed E-state index contributed by atoms with van der Waals surface area (Å²) < 4.78 is 13.6. The van der Waals surface area contributed by atoms with Crippen LogP contribution < -0.4 is 10.8 Å². The molecule has 1 amide bonds. The number of piperazine rings is 1. The van der Waals surface area contributed by atoms with Gasteiger partial charge in [-0.3, -0.25) is 14.5 Å². The maximum atomic E-state index is 13.6. The summed E-state index contributed by atoms with van der Waals surface area (Å²) in [4.78, 5) is 32.0. The first-order valence-electron chi connectivity index (χ1n) is 12.5. The zero-order valence-corrected chi connectivity index (χ0v) is 20.3. The third kappa shape index (κ3) is 6.27. The van der Waals surface area contributed by atoms with E-state index in [1.807, 2.05) is 4.90 Å². The van der Waals surface area contributed by atoms with Gasteiger partial charge in [0, 0.05) is 50.6 Å². The standard InChI is InChI=1S/C14H27N3O.C10H16FNO2/c1-11-10-16(7-8-17(11)12(2)18)14-6-4-5-13(9-14)15-3;1-6-2-3-9(11)8-4-7(5-13)12-14-10(6)8/h11,13-15H,4-10H2,1-3H3;5-10,12H,2-4H2,1H3. The molecule has 2 aliphatic carbocycles. The molecule has 2 N–H and O–H groups in total. The van der Waals surface area contributed by atoms with Gasteiger partial charge >= 0.3 is 0 Å². The van der Waals surface area contributed by atoms with Crippen molar-refractivity contribution < 1.29 is 18.8 Å². The summed E-state index contributed by atoms with van der Waals surface area (Å²) in [6, 6.07) is 1.43. The molecule has 0 aromatic heterocycles. The summed E-state index contributed by atoms with van der Waals surface area (Å²) in [5.74, 6) is 0.501. The van der Waals surface area contributed by atoms with E-state index >= 15 is 0 Å². The SMILES string of the molecule is CC1CCC(F)C2CC(C=O)NOC12.CNC1CCCC(N2CCN(C(C)=O)C(C)C2)C1. The molecule has 8 unspecified atom stereocenters. The first-order valence-corrected chi connectivity index (χ1v) is 12.5. The molecule has 184 valence electrons. The van der Waals surface area contributed by atoms with Crippen LogP contribution in [0.5, 0.6) is 0 Å². The summed E-state index contributed by atoms with van der Waals surface area (Å²) >= 11 is 0. The second-order valence-electron chi connectivity index (χ2n) is 10.3. The Bertz CT molecular complexity index is 624. The molecule has 4 fully saturated rings. The summed E-state index contributed by atoms with van der Waals surface area (Å²) in [5, 5.41) is 3.42. The van der Waals surface area contributed by atoms with Gasteiger partial charge in [0.25, 0.3) is 0 Å². The number of rotatable bonds is 3. The zero-order valence-electron chi connectivity index (χ0n) is 20.3. The van der Waals surface area contributed by atoms with Crippen LogP contribution in [0.3, 0.4) is 0 Å². The molecule has 32 heavy (non-hydrogen) atoms. The van der Waals surface area contributed by atoms with E-state index in [0.717, 1.165) is 32.3 Å². The van der Waals surface area contributed by atoms with Crippen molar-refractivity contribution in [1.29, 1.82) is 0 Å². The van der Waals surface area contributed by atoms with Gasteiger partial charge in [-0.15, -0.1) is 0 Å². The van der Waals surface area contributed by atoms with E-state index in [0.29, 0.717) is 36.9 Å². The summed E-state index contributed by atoms with van der Waals surface area (Å²) in [6.45, 7) is 8.92. The van der Waals surface area contributed by atoms with Crippen molar-refractivity contribution >= 4 is 12.2 Å². The fourth-order valence-corrected chi connectivity index (χ4v) is 6.05. The second-order valence-corrected chi connectivity index (χ2v) is 10.3. The molecule has 2 aliphatic heterocycles. The first-order chi connectivity index (χ1) is 15.3. The molecule has 0 bridgehead atoms. The number of carbonyl (C=O) groups is 2. The van der Waals surface area contributed by atoms with Gasteiger partial charge in [0.1, 0.15) is 12.5 Å². The van der Waals surface area contributed by atoms with E-state index in [-0.39, 0.29) is 24.0 Å². The van der Waals surface area contributed by atoms with Crippen LogP contribution in [0, 0.1) is 11.8 Å². The predicted octanol–water partition coefficient (Wildman–Crippen LogP) is 2.30. The molecule has 7 nitrogen and oxygen atoms in total. The van der Waals surface area contributed by atoms with Gasteiger partial charge < -0.3 is 15.0 Å². The molecule has 2 heterocycles. The van der Waals surface area contributed by atoms with Crippen molar-refractivity contribution in [3.63, 3.8) is 0 Å². The lowest BCUT2D eigenvalue weighted by Gasteiger charge is -2.45. The van der Waals surface area contributed by atoms with E-state index in [1.54, 1.807) is 6.92 Å². The van der Waals surface area contributed by atoms with Gasteiger partial charge in [-0.1, -0.05) is 13.3 Å². The molecule has 0 aromatic carbocycles. The van der Waals surface area contributed by atoms with E-state index < -0.39 is 6.17 Å². The van der Waals surface area contributed by atoms with Crippen molar-refractivity contribution in [1.82, 2.24) is 20.6 Å². The number of amides is 1. The van der Waals surface area contributed by atoms with E-state index in [9.17, 15) is 14.0 Å². The van der Waals surface area contributed by atoms with Crippen LogP contribution in [0.1, 0.15) is 65.7 Å². The minimum absolute atomic E-state index is 0.0602. The van der Waals surface area contributed by atoms with E-state index in [1.165, 1.54) is 25.7 Å². The maximum Gasteiger partial charge on any atom is 0.219 e. The summed E-state index contributed by atoms with van der Waals surface area (Å²) in [6.07, 6.45) is 7.21. The third-order valence-electron chi connectivity index (χ3n) is 8.03. The number of nitrogens with zero attached hydrogens (tertiary/aromatic N) is 2. The summed E-state index contributed by atoms with van der Waals surface area (Å²) in [7, 11) is 2.07. The lowest BCUT2D eigenvalue weighted by molar-refractivity contribution is -0.166. The lowest BCUT2D eigenvalue weighted by atomic mass is 9.75. The molecular formula is C24H43FN4O3. The largest absolute Gasteiger partial charge is 0.338 e. The molecule has 8 atom stereocenters. The Hall–Kier alpha value is -1.09. The quantitative estimate of drug-likeness (QED) is 0.638. The maximum absolute atomic E-state index is 13.6. The van der Waals surface area contributed by atoms with Crippen molar-refractivity contribution in [2.24, 2.45) is 11.8 Å². The van der Waals surface area contributed by atoms with Crippen LogP contribution in [0.15, 0.2) is 0 Å². The molecule has 2 saturated heterocycles. The fourth-order valence-electron chi connectivity index (χ4n) is 6.05. The molecular weight excluding hydrogens is 411 g/mol. The highest BCUT2D eigenvalue weighted by Crippen LogP contribution is 2.37. The smallest absolute Gasteiger partial charge is 0.219 e. The van der Waals surface area contributed by atoms with Gasteiger partial charge in [-0.25, -0.2) is 4.39 Å². The highest BCUT2D eigenvalue weighted by atomic mass is 19.1. The Labute approximate surface area is 192 Å². The van der Waals surface area contributed by atoms with Crippen molar-refractivity contribution in [2.75, 3.05) is 26.7 Å². The lowest BCUT2D eigenvalue weighted by Crippen LogP contribution is -2.57. The number of nitrogens with one attached hydrogen (secondary N) is 2. The predicted molar refractivity (Wildman–Crippen MR) is 123 cm³/mol. The Kier molecular flexibility index (Phi) is 9.46. The number of alkyl halides is 1. The number of carbonyl (C=O) groups excluding carboxylic acids is 2. The van der Waals surface area contributed by atoms with Crippen LogP contribution in [0.2, 0.25) is 0 Å². The number of fused-ring (bicyclic) bond motifs is 1. The zero-order chi connectivity index (χ0) is 23.3. The minimum atomic E-state index is -0.805. The third-order valence-corrected chi connectivity index (χ3v) is 8.03. The number of hydroxylamine groups is 1. The summed E-state index contributed by atoms with van der Waals surface area (Å²) in [5.41, 5.74) is 2.68. The monoisotopic (exact) mass is 454 g/mol.